The highest BCUT2D eigenvalue weighted by atomic mass is 19.1. The average Bonchev–Trinajstić information content (AvgIpc) is 2.13. The largest absolute Gasteiger partial charge is 0.253 e. The smallest absolute Gasteiger partial charge is 0.128 e. The predicted octanol–water partition coefficient (Wildman–Crippen LogP) is 3.41. The molecule has 0 saturated carbocycles. The monoisotopic (exact) mass is 177 g/mol. The third kappa shape index (κ3) is 2.25. The Morgan fingerprint density at radius 3 is 2.85 bits per heavy atom. The van der Waals surface area contributed by atoms with Gasteiger partial charge in [0.05, 0.1) is 5.69 Å². The van der Waals surface area contributed by atoms with Crippen LogP contribution < -0.4 is 0 Å². The molecule has 0 saturated heterocycles. The number of allylic oxidation sites excluding steroid dienone is 1. The Morgan fingerprint density at radius 2 is 2.23 bits per heavy atom. The fourth-order valence-electron chi connectivity index (χ4n) is 0.953. The fourth-order valence-corrected chi connectivity index (χ4v) is 0.953. The van der Waals surface area contributed by atoms with E-state index in [9.17, 15) is 4.39 Å². The van der Waals surface area contributed by atoms with Crippen LogP contribution in [0, 0.1) is 12.7 Å². The topological polar surface area (TPSA) is 12.4 Å². The van der Waals surface area contributed by atoms with Crippen LogP contribution in [-0.2, 0) is 0 Å². The van der Waals surface area contributed by atoms with Crippen molar-refractivity contribution in [2.75, 3.05) is 0 Å². The number of hydrogen-bond donors (Lipinski definition) is 0. The zero-order chi connectivity index (χ0) is 9.84. The van der Waals surface area contributed by atoms with Gasteiger partial charge in [0.25, 0.3) is 0 Å². The second-order valence-electron chi connectivity index (χ2n) is 2.84. The molecule has 0 atom stereocenters. The summed E-state index contributed by atoms with van der Waals surface area (Å²) in [5.41, 5.74) is 2.02. The van der Waals surface area contributed by atoms with E-state index in [1.54, 1.807) is 25.1 Å². The Kier molecular flexibility index (Phi) is 2.96. The molecule has 2 heteroatoms. The second kappa shape index (κ2) is 3.99. The number of rotatable bonds is 2. The van der Waals surface area contributed by atoms with Gasteiger partial charge in [-0.05, 0) is 32.1 Å². The first-order chi connectivity index (χ1) is 6.15. The summed E-state index contributed by atoms with van der Waals surface area (Å²) in [5.74, 6) is -0.224. The molecule has 0 aromatic heterocycles. The van der Waals surface area contributed by atoms with Crippen molar-refractivity contribution in [2.24, 2.45) is 4.99 Å². The van der Waals surface area contributed by atoms with Gasteiger partial charge in [0.15, 0.2) is 0 Å². The van der Waals surface area contributed by atoms with Crippen LogP contribution in [0.25, 0.3) is 0 Å². The van der Waals surface area contributed by atoms with E-state index in [0.717, 1.165) is 5.71 Å². The standard InChI is InChI=1S/C11H12FN/c1-4-8(2)13-11-7-5-6-10(12)9(11)3/h4-7H,1H2,2-3H3. The molecular formula is C11H12FN. The zero-order valence-corrected chi connectivity index (χ0v) is 7.84. The molecule has 0 aliphatic carbocycles. The molecule has 1 aromatic carbocycles. The van der Waals surface area contributed by atoms with Crippen LogP contribution in [0.2, 0.25) is 0 Å². The highest BCUT2D eigenvalue weighted by Gasteiger charge is 2.00. The van der Waals surface area contributed by atoms with E-state index in [1.807, 2.05) is 6.92 Å². The predicted molar refractivity (Wildman–Crippen MR) is 54.1 cm³/mol. The minimum atomic E-state index is -0.224. The Balaban J connectivity index is 3.16. The summed E-state index contributed by atoms with van der Waals surface area (Å²) in [5, 5.41) is 0. The van der Waals surface area contributed by atoms with Gasteiger partial charge in [0, 0.05) is 11.3 Å². The third-order valence-corrected chi connectivity index (χ3v) is 1.83. The van der Waals surface area contributed by atoms with E-state index in [4.69, 9.17) is 0 Å². The molecule has 0 fully saturated rings. The Bertz CT molecular complexity index is 353. The van der Waals surface area contributed by atoms with Crippen LogP contribution in [0.3, 0.4) is 0 Å². The number of nitrogens with zero attached hydrogens (tertiary/aromatic N) is 1. The molecule has 13 heavy (non-hydrogen) atoms. The van der Waals surface area contributed by atoms with Gasteiger partial charge < -0.3 is 0 Å². The minimum absolute atomic E-state index is 0.224. The Morgan fingerprint density at radius 1 is 1.54 bits per heavy atom. The van der Waals surface area contributed by atoms with Crippen molar-refractivity contribution < 1.29 is 4.39 Å². The van der Waals surface area contributed by atoms with Crippen molar-refractivity contribution in [3.8, 4) is 0 Å². The van der Waals surface area contributed by atoms with Crippen molar-refractivity contribution in [1.29, 1.82) is 0 Å². The molecule has 0 aliphatic rings. The molecule has 68 valence electrons. The maximum Gasteiger partial charge on any atom is 0.128 e. The molecule has 0 N–H and O–H groups in total. The second-order valence-corrected chi connectivity index (χ2v) is 2.84. The molecule has 0 aliphatic heterocycles. The van der Waals surface area contributed by atoms with E-state index in [-0.39, 0.29) is 5.82 Å². The fraction of sp³-hybridized carbons (Fsp3) is 0.182. The lowest BCUT2D eigenvalue weighted by molar-refractivity contribution is 0.619. The van der Waals surface area contributed by atoms with Crippen LogP contribution in [0.5, 0.6) is 0 Å². The van der Waals surface area contributed by atoms with Crippen molar-refractivity contribution in [1.82, 2.24) is 0 Å². The number of halogens is 1. The van der Waals surface area contributed by atoms with E-state index in [1.165, 1.54) is 6.07 Å². The van der Waals surface area contributed by atoms with E-state index in [2.05, 4.69) is 11.6 Å². The van der Waals surface area contributed by atoms with Gasteiger partial charge in [0.1, 0.15) is 5.82 Å². The van der Waals surface area contributed by atoms with Gasteiger partial charge in [-0.3, -0.25) is 4.99 Å². The number of hydrogen-bond acceptors (Lipinski definition) is 1. The van der Waals surface area contributed by atoms with Gasteiger partial charge in [-0.15, -0.1) is 0 Å². The van der Waals surface area contributed by atoms with Crippen molar-refractivity contribution >= 4 is 11.4 Å². The van der Waals surface area contributed by atoms with Crippen molar-refractivity contribution in [3.05, 3.63) is 42.2 Å². The molecule has 0 heterocycles. The minimum Gasteiger partial charge on any atom is -0.253 e. The number of aliphatic imine (C=N–C) groups is 1. The van der Waals surface area contributed by atoms with Gasteiger partial charge in [-0.2, -0.15) is 0 Å². The summed E-state index contributed by atoms with van der Waals surface area (Å²) in [7, 11) is 0. The lowest BCUT2D eigenvalue weighted by Crippen LogP contribution is -1.85. The highest BCUT2D eigenvalue weighted by molar-refractivity contribution is 5.94. The molecule has 1 nitrogen and oxygen atoms in total. The summed E-state index contributed by atoms with van der Waals surface area (Å²) in [6, 6.07) is 4.86. The number of benzene rings is 1. The summed E-state index contributed by atoms with van der Waals surface area (Å²) in [6.07, 6.45) is 1.64. The Labute approximate surface area is 77.6 Å². The first kappa shape index (κ1) is 9.65. The molecule has 0 unspecified atom stereocenters. The van der Waals surface area contributed by atoms with Crippen LogP contribution in [0.15, 0.2) is 35.8 Å². The van der Waals surface area contributed by atoms with Gasteiger partial charge in [-0.1, -0.05) is 12.6 Å². The molecule has 0 radical (unpaired) electrons. The van der Waals surface area contributed by atoms with E-state index in [0.29, 0.717) is 11.3 Å². The Hall–Kier alpha value is -1.44. The average molecular weight is 177 g/mol. The highest BCUT2D eigenvalue weighted by Crippen LogP contribution is 2.20. The first-order valence-electron chi connectivity index (χ1n) is 4.08. The van der Waals surface area contributed by atoms with Crippen LogP contribution in [0.4, 0.5) is 10.1 Å². The van der Waals surface area contributed by atoms with E-state index < -0.39 is 0 Å². The van der Waals surface area contributed by atoms with Crippen LogP contribution in [0.1, 0.15) is 12.5 Å². The SMILES string of the molecule is C=CC(C)=Nc1cccc(F)c1C. The summed E-state index contributed by atoms with van der Waals surface area (Å²) in [6.45, 7) is 7.13. The molecular weight excluding hydrogens is 165 g/mol. The zero-order valence-electron chi connectivity index (χ0n) is 7.84. The molecule has 0 bridgehead atoms. The molecule has 0 amide bonds. The van der Waals surface area contributed by atoms with Crippen molar-refractivity contribution in [3.63, 3.8) is 0 Å². The van der Waals surface area contributed by atoms with Gasteiger partial charge in [-0.25, -0.2) is 4.39 Å². The van der Waals surface area contributed by atoms with Crippen molar-refractivity contribution in [2.45, 2.75) is 13.8 Å². The van der Waals surface area contributed by atoms with Gasteiger partial charge in [0.2, 0.25) is 0 Å². The molecule has 0 spiro atoms. The third-order valence-electron chi connectivity index (χ3n) is 1.83. The quantitative estimate of drug-likeness (QED) is 0.614. The first-order valence-corrected chi connectivity index (χ1v) is 4.08. The van der Waals surface area contributed by atoms with Gasteiger partial charge >= 0.3 is 0 Å². The summed E-state index contributed by atoms with van der Waals surface area (Å²) in [4.78, 5) is 4.20. The molecule has 1 aromatic rings. The summed E-state index contributed by atoms with van der Waals surface area (Å²) < 4.78 is 13.0. The van der Waals surface area contributed by atoms with Crippen LogP contribution >= 0.6 is 0 Å². The maximum atomic E-state index is 13.0. The normalized spacial score (nSPS) is 11.5. The summed E-state index contributed by atoms with van der Waals surface area (Å²) >= 11 is 0. The van der Waals surface area contributed by atoms with Crippen LogP contribution in [-0.4, -0.2) is 5.71 Å². The maximum absolute atomic E-state index is 13.0. The van der Waals surface area contributed by atoms with E-state index >= 15 is 0 Å². The lowest BCUT2D eigenvalue weighted by atomic mass is 10.2. The molecule has 1 rings (SSSR count). The lowest BCUT2D eigenvalue weighted by Gasteiger charge is -2.01.